The zero-order valence-corrected chi connectivity index (χ0v) is 11.0. The van der Waals surface area contributed by atoms with Gasteiger partial charge in [-0.1, -0.05) is 12.1 Å². The molecule has 3 aromatic rings. The number of para-hydroxylation sites is 1. The molecule has 0 amide bonds. The van der Waals surface area contributed by atoms with Crippen LogP contribution in [0.4, 0.5) is 0 Å². The van der Waals surface area contributed by atoms with Crippen molar-refractivity contribution in [1.82, 2.24) is 14.5 Å². The Kier molecular flexibility index (Phi) is 2.83. The fraction of sp³-hybridized carbons (Fsp3) is 0.286. The van der Waals surface area contributed by atoms with Crippen molar-refractivity contribution in [3.05, 3.63) is 41.0 Å². The van der Waals surface area contributed by atoms with E-state index in [4.69, 9.17) is 4.42 Å². The van der Waals surface area contributed by atoms with Crippen LogP contribution in [0.25, 0.3) is 22.0 Å². The molecule has 0 aliphatic rings. The van der Waals surface area contributed by atoms with E-state index in [0.717, 1.165) is 24.0 Å². The second kappa shape index (κ2) is 4.51. The van der Waals surface area contributed by atoms with E-state index in [2.05, 4.69) is 9.88 Å². The highest BCUT2D eigenvalue weighted by molar-refractivity contribution is 6.00. The molecule has 19 heavy (non-hydrogen) atoms. The third kappa shape index (κ3) is 2.02. The Morgan fingerprint density at radius 1 is 1.32 bits per heavy atom. The van der Waals surface area contributed by atoms with E-state index in [1.807, 2.05) is 36.9 Å². The van der Waals surface area contributed by atoms with Crippen LogP contribution in [0.1, 0.15) is 0 Å². The summed E-state index contributed by atoms with van der Waals surface area (Å²) in [6.07, 6.45) is 1.71. The van der Waals surface area contributed by atoms with Crippen molar-refractivity contribution in [3.63, 3.8) is 0 Å². The van der Waals surface area contributed by atoms with Crippen LogP contribution in [0.2, 0.25) is 0 Å². The number of aromatic nitrogens is 2. The van der Waals surface area contributed by atoms with Crippen LogP contribution < -0.4 is 5.63 Å². The van der Waals surface area contributed by atoms with Crippen LogP contribution in [0.5, 0.6) is 0 Å². The van der Waals surface area contributed by atoms with Crippen molar-refractivity contribution in [3.8, 4) is 0 Å². The largest absolute Gasteiger partial charge is 0.421 e. The number of hydrogen-bond acceptors (Lipinski definition) is 4. The molecule has 0 fully saturated rings. The summed E-state index contributed by atoms with van der Waals surface area (Å²) in [4.78, 5) is 18.2. The zero-order valence-electron chi connectivity index (χ0n) is 11.0. The van der Waals surface area contributed by atoms with Gasteiger partial charge in [0.25, 0.3) is 0 Å². The lowest BCUT2D eigenvalue weighted by atomic mass is 10.2. The van der Waals surface area contributed by atoms with Crippen molar-refractivity contribution in [2.75, 3.05) is 20.6 Å². The quantitative estimate of drug-likeness (QED) is 0.670. The lowest BCUT2D eigenvalue weighted by molar-refractivity contribution is 0.386. The standard InChI is InChI=1S/C14H15N3O2/c1-16(2)7-8-17-9-15-12-13(17)10-5-3-4-6-11(10)19-14(12)18/h3-6,9H,7-8H2,1-2H3. The van der Waals surface area contributed by atoms with Crippen molar-refractivity contribution >= 4 is 22.0 Å². The predicted octanol–water partition coefficient (Wildman–Crippen LogP) is 1.70. The molecule has 5 nitrogen and oxygen atoms in total. The molecule has 0 saturated carbocycles. The molecule has 0 spiro atoms. The molecule has 0 aliphatic heterocycles. The minimum absolute atomic E-state index is 0.377. The molecule has 98 valence electrons. The van der Waals surface area contributed by atoms with Crippen molar-refractivity contribution in [1.29, 1.82) is 0 Å². The monoisotopic (exact) mass is 257 g/mol. The van der Waals surface area contributed by atoms with Crippen LogP contribution >= 0.6 is 0 Å². The number of nitrogens with zero attached hydrogens (tertiary/aromatic N) is 3. The number of fused-ring (bicyclic) bond motifs is 3. The highest BCUT2D eigenvalue weighted by Gasteiger charge is 2.12. The van der Waals surface area contributed by atoms with Gasteiger partial charge in [-0.05, 0) is 26.2 Å². The van der Waals surface area contributed by atoms with Crippen LogP contribution in [0.3, 0.4) is 0 Å². The summed E-state index contributed by atoms with van der Waals surface area (Å²) >= 11 is 0. The topological polar surface area (TPSA) is 51.3 Å². The van der Waals surface area contributed by atoms with Crippen molar-refractivity contribution in [2.24, 2.45) is 0 Å². The normalized spacial score (nSPS) is 11.7. The molecule has 0 saturated heterocycles. The SMILES string of the molecule is CN(C)CCn1cnc2c(=O)oc3ccccc3c21. The molecule has 2 aromatic heterocycles. The molecule has 2 heterocycles. The summed E-state index contributed by atoms with van der Waals surface area (Å²) in [5.41, 5.74) is 1.48. The number of likely N-dealkylation sites (N-methyl/N-ethyl adjacent to an activating group) is 1. The predicted molar refractivity (Wildman–Crippen MR) is 74.3 cm³/mol. The van der Waals surface area contributed by atoms with E-state index in [1.54, 1.807) is 12.4 Å². The average molecular weight is 257 g/mol. The lowest BCUT2D eigenvalue weighted by Crippen LogP contribution is -2.18. The second-order valence-corrected chi connectivity index (χ2v) is 4.82. The van der Waals surface area contributed by atoms with Crippen LogP contribution in [0.15, 0.2) is 39.8 Å². The van der Waals surface area contributed by atoms with Gasteiger partial charge in [0.05, 0.1) is 11.8 Å². The van der Waals surface area contributed by atoms with Gasteiger partial charge in [0.15, 0.2) is 5.52 Å². The van der Waals surface area contributed by atoms with Gasteiger partial charge in [-0.2, -0.15) is 0 Å². The van der Waals surface area contributed by atoms with E-state index in [1.165, 1.54) is 0 Å². The maximum Gasteiger partial charge on any atom is 0.364 e. The Hall–Kier alpha value is -2.14. The third-order valence-electron chi connectivity index (χ3n) is 3.16. The minimum Gasteiger partial charge on any atom is -0.421 e. The molecular formula is C14H15N3O2. The number of rotatable bonds is 3. The van der Waals surface area contributed by atoms with Crippen LogP contribution in [-0.4, -0.2) is 35.1 Å². The average Bonchev–Trinajstić information content (AvgIpc) is 2.81. The molecule has 0 radical (unpaired) electrons. The molecule has 0 N–H and O–H groups in total. The van der Waals surface area contributed by atoms with Gasteiger partial charge in [-0.15, -0.1) is 0 Å². The summed E-state index contributed by atoms with van der Waals surface area (Å²) in [5, 5.41) is 0.924. The minimum atomic E-state index is -0.377. The Balaban J connectivity index is 2.27. The maximum atomic E-state index is 11.9. The van der Waals surface area contributed by atoms with Crippen molar-refractivity contribution < 1.29 is 4.42 Å². The van der Waals surface area contributed by atoms with E-state index in [-0.39, 0.29) is 5.63 Å². The van der Waals surface area contributed by atoms with Gasteiger partial charge >= 0.3 is 5.63 Å². The van der Waals surface area contributed by atoms with Gasteiger partial charge in [-0.3, -0.25) is 0 Å². The number of hydrogen-bond donors (Lipinski definition) is 0. The molecule has 0 atom stereocenters. The van der Waals surface area contributed by atoms with Gasteiger partial charge in [0, 0.05) is 18.5 Å². The first-order chi connectivity index (χ1) is 9.16. The number of benzene rings is 1. The Morgan fingerprint density at radius 3 is 2.89 bits per heavy atom. The third-order valence-corrected chi connectivity index (χ3v) is 3.16. The number of imidazole rings is 1. The summed E-state index contributed by atoms with van der Waals surface area (Å²) in [7, 11) is 4.04. The smallest absolute Gasteiger partial charge is 0.364 e. The second-order valence-electron chi connectivity index (χ2n) is 4.82. The van der Waals surface area contributed by atoms with E-state index in [0.29, 0.717) is 11.1 Å². The van der Waals surface area contributed by atoms with Crippen molar-refractivity contribution in [2.45, 2.75) is 6.54 Å². The molecule has 0 bridgehead atoms. The van der Waals surface area contributed by atoms with Gasteiger partial charge < -0.3 is 13.9 Å². The first kappa shape index (κ1) is 11.9. The molecule has 0 unspecified atom stereocenters. The molecular weight excluding hydrogens is 242 g/mol. The van der Waals surface area contributed by atoms with Crippen LogP contribution in [0, 0.1) is 0 Å². The van der Waals surface area contributed by atoms with Crippen LogP contribution in [-0.2, 0) is 6.54 Å². The fourth-order valence-corrected chi connectivity index (χ4v) is 2.19. The molecule has 3 rings (SSSR count). The lowest BCUT2D eigenvalue weighted by Gasteiger charge is -2.11. The van der Waals surface area contributed by atoms with Gasteiger partial charge in [0.2, 0.25) is 0 Å². The molecule has 0 aliphatic carbocycles. The summed E-state index contributed by atoms with van der Waals surface area (Å²) in [5.74, 6) is 0. The summed E-state index contributed by atoms with van der Waals surface area (Å²) < 4.78 is 7.28. The highest BCUT2D eigenvalue weighted by atomic mass is 16.4. The van der Waals surface area contributed by atoms with E-state index >= 15 is 0 Å². The molecule has 1 aromatic carbocycles. The summed E-state index contributed by atoms with van der Waals surface area (Å²) in [6.45, 7) is 1.68. The van der Waals surface area contributed by atoms with E-state index < -0.39 is 0 Å². The first-order valence-corrected chi connectivity index (χ1v) is 6.18. The fourth-order valence-electron chi connectivity index (χ4n) is 2.19. The Bertz CT molecular complexity index is 786. The van der Waals surface area contributed by atoms with Gasteiger partial charge in [-0.25, -0.2) is 9.78 Å². The Labute approximate surface area is 110 Å². The molecule has 5 heteroatoms. The Morgan fingerprint density at radius 2 is 2.11 bits per heavy atom. The van der Waals surface area contributed by atoms with E-state index in [9.17, 15) is 4.79 Å². The van der Waals surface area contributed by atoms with Gasteiger partial charge in [0.1, 0.15) is 5.58 Å². The highest BCUT2D eigenvalue weighted by Crippen LogP contribution is 2.21. The summed E-state index contributed by atoms with van der Waals surface area (Å²) in [6, 6.07) is 7.55. The maximum absolute atomic E-state index is 11.9. The zero-order chi connectivity index (χ0) is 13.4. The first-order valence-electron chi connectivity index (χ1n) is 6.18.